The molecule has 1 nitrogen and oxygen atoms in total. The van der Waals surface area contributed by atoms with Gasteiger partial charge >= 0.3 is 0 Å². The van der Waals surface area contributed by atoms with Crippen LogP contribution in [0.1, 0.15) is 13.3 Å². The summed E-state index contributed by atoms with van der Waals surface area (Å²) in [5.41, 5.74) is 2.44. The summed E-state index contributed by atoms with van der Waals surface area (Å²) in [6.07, 6.45) is 3.13. The fourth-order valence-corrected chi connectivity index (χ4v) is 1.78. The molecule has 1 N–H and O–H groups in total. The summed E-state index contributed by atoms with van der Waals surface area (Å²) in [6.45, 7) is 6.91. The van der Waals surface area contributed by atoms with Crippen LogP contribution in [0.4, 0.5) is 5.69 Å². The molecule has 0 aliphatic heterocycles. The van der Waals surface area contributed by atoms with Gasteiger partial charge in [-0.15, -0.1) is 18.3 Å². The van der Waals surface area contributed by atoms with Crippen molar-refractivity contribution in [3.8, 4) is 0 Å². The molecule has 0 atom stereocenters. The van der Waals surface area contributed by atoms with E-state index in [0.29, 0.717) is 0 Å². The summed E-state index contributed by atoms with van der Waals surface area (Å²) in [5.74, 6) is 0. The molecule has 76 valence electrons. The van der Waals surface area contributed by atoms with Crippen molar-refractivity contribution in [3.05, 3.63) is 36.4 Å². The minimum Gasteiger partial charge on any atom is -0.384 e. The molecule has 0 fully saturated rings. The molecule has 0 saturated carbocycles. The molecule has 0 bridgehead atoms. The van der Waals surface area contributed by atoms with E-state index in [-0.39, 0.29) is 0 Å². The van der Waals surface area contributed by atoms with Crippen LogP contribution in [0.15, 0.2) is 41.3 Å². The number of nitrogens with one attached hydrogen (secondary N) is 1. The summed E-state index contributed by atoms with van der Waals surface area (Å²) in [5, 5.41) is 3.41. The fourth-order valence-electron chi connectivity index (χ4n) is 1.20. The van der Waals surface area contributed by atoms with Gasteiger partial charge in [-0.1, -0.05) is 17.7 Å². The Morgan fingerprint density at radius 2 is 2.14 bits per heavy atom. The van der Waals surface area contributed by atoms with E-state index in [1.54, 1.807) is 11.8 Å². The minimum absolute atomic E-state index is 0.965. The Hall–Kier alpha value is -0.890. The van der Waals surface area contributed by atoms with Crippen LogP contribution in [0.25, 0.3) is 0 Å². The molecule has 14 heavy (non-hydrogen) atoms. The smallest absolute Gasteiger partial charge is 0.0478 e. The highest BCUT2D eigenvalue weighted by Crippen LogP contribution is 2.24. The van der Waals surface area contributed by atoms with E-state index in [1.807, 2.05) is 0 Å². The maximum atomic E-state index is 3.88. The van der Waals surface area contributed by atoms with Gasteiger partial charge in [0.1, 0.15) is 0 Å². The number of thioether (sulfide) groups is 1. The number of hydrogen-bond donors (Lipinski definition) is 1. The molecule has 0 aliphatic rings. The van der Waals surface area contributed by atoms with Gasteiger partial charge in [0.15, 0.2) is 0 Å². The Labute approximate surface area is 90.6 Å². The summed E-state index contributed by atoms with van der Waals surface area (Å²) in [7, 11) is 0. The maximum Gasteiger partial charge on any atom is 0.0478 e. The zero-order valence-corrected chi connectivity index (χ0v) is 9.66. The lowest BCUT2D eigenvalue weighted by Gasteiger charge is -2.09. The van der Waals surface area contributed by atoms with Gasteiger partial charge in [-0.05, 0) is 31.7 Å². The van der Waals surface area contributed by atoms with Crippen LogP contribution >= 0.6 is 11.8 Å². The van der Waals surface area contributed by atoms with Crippen LogP contribution in [0, 0.1) is 0 Å². The van der Waals surface area contributed by atoms with Gasteiger partial charge in [-0.2, -0.15) is 0 Å². The predicted molar refractivity (Wildman–Crippen MR) is 66.1 cm³/mol. The molecule has 0 aliphatic carbocycles. The van der Waals surface area contributed by atoms with Crippen molar-refractivity contribution < 1.29 is 0 Å². The largest absolute Gasteiger partial charge is 0.384 e. The zero-order valence-electron chi connectivity index (χ0n) is 8.84. The number of anilines is 1. The van der Waals surface area contributed by atoms with Crippen LogP contribution in [0.2, 0.25) is 0 Å². The first-order chi connectivity index (χ1) is 6.74. The van der Waals surface area contributed by atoms with Crippen molar-refractivity contribution in [3.63, 3.8) is 0 Å². The lowest BCUT2D eigenvalue weighted by molar-refractivity contribution is 0.997. The number of benzene rings is 1. The Kier molecular flexibility index (Phi) is 4.60. The third-order valence-corrected chi connectivity index (χ3v) is 2.77. The van der Waals surface area contributed by atoms with Gasteiger partial charge < -0.3 is 5.32 Å². The average molecular weight is 207 g/mol. The van der Waals surface area contributed by atoms with Crippen LogP contribution in [0.5, 0.6) is 0 Å². The molecule has 0 heterocycles. The van der Waals surface area contributed by atoms with Gasteiger partial charge in [0.2, 0.25) is 0 Å². The first-order valence-corrected chi connectivity index (χ1v) is 5.98. The first-order valence-electron chi connectivity index (χ1n) is 4.75. The molecule has 0 aromatic heterocycles. The van der Waals surface area contributed by atoms with Crippen LogP contribution in [-0.4, -0.2) is 12.8 Å². The second-order valence-corrected chi connectivity index (χ2v) is 4.18. The lowest BCUT2D eigenvalue weighted by atomic mass is 10.2. The van der Waals surface area contributed by atoms with Gasteiger partial charge in [0.05, 0.1) is 0 Å². The van der Waals surface area contributed by atoms with E-state index in [9.17, 15) is 0 Å². The summed E-state index contributed by atoms with van der Waals surface area (Å²) < 4.78 is 0. The molecular weight excluding hydrogens is 190 g/mol. The van der Waals surface area contributed by atoms with E-state index in [2.05, 4.69) is 49.3 Å². The van der Waals surface area contributed by atoms with E-state index in [1.165, 1.54) is 16.2 Å². The van der Waals surface area contributed by atoms with Gasteiger partial charge in [-0.25, -0.2) is 0 Å². The molecule has 1 aromatic carbocycles. The third kappa shape index (κ3) is 3.46. The Morgan fingerprint density at radius 1 is 1.43 bits per heavy atom. The second-order valence-electron chi connectivity index (χ2n) is 3.33. The van der Waals surface area contributed by atoms with Gasteiger partial charge in [0.25, 0.3) is 0 Å². The molecule has 1 rings (SSSR count). The minimum atomic E-state index is 0.965. The van der Waals surface area contributed by atoms with E-state index in [4.69, 9.17) is 0 Å². The summed E-state index contributed by atoms with van der Waals surface area (Å²) in [6, 6.07) is 8.37. The molecule has 2 heteroatoms. The fraction of sp³-hybridized carbons (Fsp3) is 0.333. The number of hydrogen-bond acceptors (Lipinski definition) is 2. The molecule has 1 aromatic rings. The highest BCUT2D eigenvalue weighted by atomic mass is 32.2. The van der Waals surface area contributed by atoms with E-state index < -0.39 is 0 Å². The Bertz CT molecular complexity index is 307. The SMILES string of the molecule is C=C(C)CCNc1ccccc1SC. The molecule has 0 saturated heterocycles. The van der Waals surface area contributed by atoms with Crippen molar-refractivity contribution >= 4 is 17.4 Å². The van der Waals surface area contributed by atoms with Gasteiger partial charge in [-0.3, -0.25) is 0 Å². The van der Waals surface area contributed by atoms with Crippen LogP contribution in [-0.2, 0) is 0 Å². The Morgan fingerprint density at radius 3 is 2.79 bits per heavy atom. The number of rotatable bonds is 5. The third-order valence-electron chi connectivity index (χ3n) is 1.97. The number of para-hydroxylation sites is 1. The van der Waals surface area contributed by atoms with Crippen molar-refractivity contribution in [2.24, 2.45) is 0 Å². The molecule has 0 unspecified atom stereocenters. The molecule has 0 spiro atoms. The topological polar surface area (TPSA) is 12.0 Å². The summed E-state index contributed by atoms with van der Waals surface area (Å²) >= 11 is 1.77. The van der Waals surface area contributed by atoms with Crippen molar-refractivity contribution in [1.29, 1.82) is 0 Å². The van der Waals surface area contributed by atoms with Crippen molar-refractivity contribution in [1.82, 2.24) is 0 Å². The van der Waals surface area contributed by atoms with Crippen LogP contribution < -0.4 is 5.32 Å². The van der Waals surface area contributed by atoms with E-state index >= 15 is 0 Å². The zero-order chi connectivity index (χ0) is 10.4. The second kappa shape index (κ2) is 5.76. The van der Waals surface area contributed by atoms with Crippen molar-refractivity contribution in [2.75, 3.05) is 18.1 Å². The molecule has 0 amide bonds. The highest BCUT2D eigenvalue weighted by molar-refractivity contribution is 7.98. The summed E-state index contributed by atoms with van der Waals surface area (Å²) in [4.78, 5) is 1.30. The molecule has 0 radical (unpaired) electrons. The maximum absolute atomic E-state index is 3.88. The van der Waals surface area contributed by atoms with Crippen molar-refractivity contribution in [2.45, 2.75) is 18.2 Å². The lowest BCUT2D eigenvalue weighted by Crippen LogP contribution is -2.02. The van der Waals surface area contributed by atoms with E-state index in [0.717, 1.165) is 13.0 Å². The van der Waals surface area contributed by atoms with Crippen LogP contribution in [0.3, 0.4) is 0 Å². The first kappa shape index (κ1) is 11.2. The normalized spacial score (nSPS) is 9.86. The molecular formula is C12H17NS. The standard InChI is InChI=1S/C12H17NS/c1-10(2)8-9-13-11-6-4-5-7-12(11)14-3/h4-7,13H,1,8-9H2,2-3H3. The average Bonchev–Trinajstić information content (AvgIpc) is 2.18. The highest BCUT2D eigenvalue weighted by Gasteiger charge is 1.98. The Balaban J connectivity index is 2.53. The monoisotopic (exact) mass is 207 g/mol. The van der Waals surface area contributed by atoms with Gasteiger partial charge in [0, 0.05) is 17.1 Å². The quantitative estimate of drug-likeness (QED) is 0.582. The predicted octanol–water partition coefficient (Wildman–Crippen LogP) is 3.79.